The summed E-state index contributed by atoms with van der Waals surface area (Å²) in [4.78, 5) is 22.1. The molecule has 0 radical (unpaired) electrons. The van der Waals surface area contributed by atoms with Gasteiger partial charge < -0.3 is 9.84 Å². The van der Waals surface area contributed by atoms with E-state index in [-0.39, 0.29) is 22.3 Å². The van der Waals surface area contributed by atoms with Crippen LogP contribution in [0.15, 0.2) is 29.3 Å². The van der Waals surface area contributed by atoms with Crippen LogP contribution in [-0.4, -0.2) is 23.8 Å². The van der Waals surface area contributed by atoms with Crippen molar-refractivity contribution in [3.05, 3.63) is 40.6 Å². The summed E-state index contributed by atoms with van der Waals surface area (Å²) in [6, 6.07) is 1.95. The van der Waals surface area contributed by atoms with Crippen molar-refractivity contribution in [2.75, 3.05) is 11.9 Å². The quantitative estimate of drug-likeness (QED) is 0.837. The molecule has 0 aliphatic heterocycles. The maximum absolute atomic E-state index is 13.2. The van der Waals surface area contributed by atoms with Gasteiger partial charge >= 0.3 is 12.1 Å². The topological polar surface area (TPSA) is 75.6 Å². The Labute approximate surface area is 110 Å². The maximum Gasteiger partial charge on any atom is 0.411 e. The molecule has 2 N–H and O–H groups in total. The summed E-state index contributed by atoms with van der Waals surface area (Å²) in [5.74, 6) is -2.10. The summed E-state index contributed by atoms with van der Waals surface area (Å²) in [5.41, 5.74) is -0.434. The first kappa shape index (κ1) is 14.2. The van der Waals surface area contributed by atoms with Gasteiger partial charge in [-0.15, -0.1) is 0 Å². The van der Waals surface area contributed by atoms with Gasteiger partial charge in [-0.1, -0.05) is 12.7 Å². The summed E-state index contributed by atoms with van der Waals surface area (Å²) in [6.45, 7) is 3.34. The highest BCUT2D eigenvalue weighted by atomic mass is 79.9. The predicted molar refractivity (Wildman–Crippen MR) is 66.2 cm³/mol. The van der Waals surface area contributed by atoms with Gasteiger partial charge in [-0.2, -0.15) is 0 Å². The average molecular weight is 318 g/mol. The number of carboxylic acids is 1. The number of hydrogen-bond acceptors (Lipinski definition) is 3. The molecule has 1 rings (SSSR count). The highest BCUT2D eigenvalue weighted by Gasteiger charge is 2.16. The highest BCUT2D eigenvalue weighted by Crippen LogP contribution is 2.25. The van der Waals surface area contributed by atoms with Crippen LogP contribution >= 0.6 is 15.9 Å². The number of ether oxygens (including phenoxy) is 1. The van der Waals surface area contributed by atoms with Gasteiger partial charge in [-0.05, 0) is 28.1 Å². The lowest BCUT2D eigenvalue weighted by Crippen LogP contribution is -2.16. The van der Waals surface area contributed by atoms with Crippen LogP contribution in [0.4, 0.5) is 14.9 Å². The molecule has 0 unspecified atom stereocenters. The molecular formula is C11H9BrFNO4. The van der Waals surface area contributed by atoms with Crippen LogP contribution in [-0.2, 0) is 4.74 Å². The summed E-state index contributed by atoms with van der Waals surface area (Å²) >= 11 is 2.90. The molecular weight excluding hydrogens is 309 g/mol. The minimum absolute atomic E-state index is 0.0173. The molecule has 0 heterocycles. The summed E-state index contributed by atoms with van der Waals surface area (Å²) < 4.78 is 17.9. The molecule has 0 saturated heterocycles. The number of carbonyl (C=O) groups excluding carboxylic acids is 1. The third kappa shape index (κ3) is 3.56. The average Bonchev–Trinajstić information content (AvgIpc) is 2.30. The molecule has 7 heteroatoms. The fourth-order valence-corrected chi connectivity index (χ4v) is 1.45. The maximum atomic E-state index is 13.2. The lowest BCUT2D eigenvalue weighted by atomic mass is 10.2. The number of amides is 1. The Morgan fingerprint density at radius 1 is 1.56 bits per heavy atom. The number of benzene rings is 1. The molecule has 0 spiro atoms. The van der Waals surface area contributed by atoms with Gasteiger partial charge in [0.2, 0.25) is 0 Å². The van der Waals surface area contributed by atoms with Crippen LogP contribution in [0.3, 0.4) is 0 Å². The van der Waals surface area contributed by atoms with Crippen LogP contribution in [0.1, 0.15) is 10.4 Å². The van der Waals surface area contributed by atoms with Gasteiger partial charge in [0.05, 0.1) is 15.7 Å². The van der Waals surface area contributed by atoms with Crippen molar-refractivity contribution in [3.8, 4) is 0 Å². The first-order valence-electron chi connectivity index (χ1n) is 4.72. The van der Waals surface area contributed by atoms with Gasteiger partial charge in [0.1, 0.15) is 12.4 Å². The summed E-state index contributed by atoms with van der Waals surface area (Å²) in [5, 5.41) is 11.1. The standard InChI is InChI=1S/C11H9BrFNO4/c1-2-3-18-11(17)14-9-5-7(12)8(13)4-6(9)10(15)16/h2,4-5H,1,3H2,(H,14,17)(H,15,16). The second kappa shape index (κ2) is 6.15. The summed E-state index contributed by atoms with van der Waals surface area (Å²) in [6.07, 6.45) is 0.508. The Balaban J connectivity index is 3.00. The first-order chi connectivity index (χ1) is 8.45. The number of anilines is 1. The molecule has 0 aromatic heterocycles. The number of aromatic carboxylic acids is 1. The largest absolute Gasteiger partial charge is 0.478 e. The van der Waals surface area contributed by atoms with E-state index in [0.717, 1.165) is 12.1 Å². The van der Waals surface area contributed by atoms with E-state index >= 15 is 0 Å². The van der Waals surface area contributed by atoms with E-state index in [2.05, 4.69) is 32.6 Å². The molecule has 1 aromatic carbocycles. The predicted octanol–water partition coefficient (Wildman–Crippen LogP) is 3.02. The zero-order chi connectivity index (χ0) is 13.7. The third-order valence-corrected chi connectivity index (χ3v) is 2.47. The van der Waals surface area contributed by atoms with Crippen LogP contribution in [0.2, 0.25) is 0 Å². The van der Waals surface area contributed by atoms with E-state index in [1.165, 1.54) is 6.08 Å². The zero-order valence-corrected chi connectivity index (χ0v) is 10.7. The second-order valence-corrected chi connectivity index (χ2v) is 3.98. The molecule has 96 valence electrons. The van der Waals surface area contributed by atoms with Gasteiger partial charge in [-0.25, -0.2) is 14.0 Å². The highest BCUT2D eigenvalue weighted by molar-refractivity contribution is 9.10. The minimum Gasteiger partial charge on any atom is -0.478 e. The fourth-order valence-electron chi connectivity index (χ4n) is 1.11. The van der Waals surface area contributed by atoms with Crippen LogP contribution in [0.5, 0.6) is 0 Å². The van der Waals surface area contributed by atoms with E-state index in [0.29, 0.717) is 0 Å². The van der Waals surface area contributed by atoms with Crippen LogP contribution in [0.25, 0.3) is 0 Å². The molecule has 0 fully saturated rings. The number of carbonyl (C=O) groups is 2. The SMILES string of the molecule is C=CCOC(=O)Nc1cc(Br)c(F)cc1C(=O)O. The number of halogens is 2. The van der Waals surface area contributed by atoms with Crippen molar-refractivity contribution in [3.63, 3.8) is 0 Å². The fraction of sp³-hybridized carbons (Fsp3) is 0.0909. The third-order valence-electron chi connectivity index (χ3n) is 1.86. The number of carboxylic acid groups (broad SMARTS) is 1. The number of nitrogens with one attached hydrogen (secondary N) is 1. The van der Waals surface area contributed by atoms with Crippen molar-refractivity contribution in [2.24, 2.45) is 0 Å². The lowest BCUT2D eigenvalue weighted by molar-refractivity contribution is 0.0697. The van der Waals surface area contributed by atoms with Gasteiger partial charge in [0.15, 0.2) is 0 Å². The normalized spacial score (nSPS) is 9.67. The Hall–Kier alpha value is -1.89. The van der Waals surface area contributed by atoms with E-state index in [4.69, 9.17) is 5.11 Å². The van der Waals surface area contributed by atoms with Crippen molar-refractivity contribution in [1.82, 2.24) is 0 Å². The number of hydrogen-bond donors (Lipinski definition) is 2. The molecule has 0 aliphatic carbocycles. The Kier molecular flexibility index (Phi) is 4.85. The molecule has 1 amide bonds. The molecule has 0 saturated carbocycles. The Bertz CT molecular complexity index is 504. The van der Waals surface area contributed by atoms with Crippen molar-refractivity contribution in [1.29, 1.82) is 0 Å². The monoisotopic (exact) mass is 317 g/mol. The van der Waals surface area contributed by atoms with Crippen molar-refractivity contribution >= 4 is 33.7 Å². The Morgan fingerprint density at radius 3 is 2.78 bits per heavy atom. The molecule has 18 heavy (non-hydrogen) atoms. The van der Waals surface area contributed by atoms with E-state index in [1.807, 2.05) is 0 Å². The van der Waals surface area contributed by atoms with Gasteiger partial charge in [0.25, 0.3) is 0 Å². The molecule has 0 atom stereocenters. The Morgan fingerprint density at radius 2 is 2.22 bits per heavy atom. The molecule has 5 nitrogen and oxygen atoms in total. The second-order valence-electron chi connectivity index (χ2n) is 3.13. The van der Waals surface area contributed by atoms with Gasteiger partial charge in [-0.3, -0.25) is 5.32 Å². The lowest BCUT2D eigenvalue weighted by Gasteiger charge is -2.09. The van der Waals surface area contributed by atoms with Crippen LogP contribution in [0, 0.1) is 5.82 Å². The van der Waals surface area contributed by atoms with Crippen molar-refractivity contribution in [2.45, 2.75) is 0 Å². The molecule has 0 bridgehead atoms. The first-order valence-corrected chi connectivity index (χ1v) is 5.52. The molecule has 0 aliphatic rings. The smallest absolute Gasteiger partial charge is 0.411 e. The zero-order valence-electron chi connectivity index (χ0n) is 9.07. The summed E-state index contributed by atoms with van der Waals surface area (Å²) in [7, 11) is 0. The number of rotatable bonds is 4. The van der Waals surface area contributed by atoms with Crippen molar-refractivity contribution < 1.29 is 23.8 Å². The van der Waals surface area contributed by atoms with Crippen LogP contribution < -0.4 is 5.32 Å². The van der Waals surface area contributed by atoms with E-state index < -0.39 is 17.9 Å². The van der Waals surface area contributed by atoms with E-state index in [1.54, 1.807) is 0 Å². The minimum atomic E-state index is -1.36. The van der Waals surface area contributed by atoms with E-state index in [9.17, 15) is 14.0 Å². The molecule has 1 aromatic rings. The van der Waals surface area contributed by atoms with Gasteiger partial charge in [0, 0.05) is 0 Å².